The molecule has 0 saturated carbocycles. The quantitative estimate of drug-likeness (QED) is 0.286. The first-order chi connectivity index (χ1) is 20.1. The van der Waals surface area contributed by atoms with E-state index < -0.39 is 18.5 Å². The van der Waals surface area contributed by atoms with Crippen molar-refractivity contribution in [2.45, 2.75) is 6.92 Å². The summed E-state index contributed by atoms with van der Waals surface area (Å²) in [5, 5.41) is 8.07. The Hall–Kier alpha value is -5.02. The van der Waals surface area contributed by atoms with Gasteiger partial charge in [0.15, 0.2) is 12.3 Å². The maximum Gasteiger partial charge on any atom is 0.339 e. The van der Waals surface area contributed by atoms with Crippen molar-refractivity contribution < 1.29 is 19.1 Å². The zero-order valence-electron chi connectivity index (χ0n) is 22.6. The van der Waals surface area contributed by atoms with Crippen LogP contribution in [0.25, 0.3) is 28.0 Å². The van der Waals surface area contributed by atoms with E-state index in [9.17, 15) is 9.59 Å². The maximum atomic E-state index is 13.4. The number of aryl methyl sites for hydroxylation is 1. The van der Waals surface area contributed by atoms with E-state index in [0.717, 1.165) is 30.0 Å². The number of para-hydroxylation sites is 1. The number of hydrogen-bond donors (Lipinski definition) is 1. The van der Waals surface area contributed by atoms with Crippen molar-refractivity contribution in [2.75, 3.05) is 43.1 Å². The maximum absolute atomic E-state index is 13.4. The molecular formula is C32H29N5O4. The van der Waals surface area contributed by atoms with Crippen LogP contribution in [0.5, 0.6) is 0 Å². The standard InChI is InChI=1S/C32H29N5O4/c1-22-30-27(32(39)41-21-29(38)33-24-12-14-25(15-13-24)36-16-18-40-19-17-36)20-28(23-8-4-2-5-9-23)34-31(30)37(35-22)26-10-6-3-7-11-26/h2-15,20H,16-19,21H2,1H3,(H,33,38). The van der Waals surface area contributed by atoms with Crippen LogP contribution in [0.2, 0.25) is 0 Å². The van der Waals surface area contributed by atoms with Crippen LogP contribution in [0.4, 0.5) is 11.4 Å². The minimum Gasteiger partial charge on any atom is -0.452 e. The molecule has 1 N–H and O–H groups in total. The normalized spacial score (nSPS) is 13.2. The summed E-state index contributed by atoms with van der Waals surface area (Å²) in [7, 11) is 0. The molecule has 3 heterocycles. The predicted molar refractivity (Wildman–Crippen MR) is 157 cm³/mol. The van der Waals surface area contributed by atoms with Crippen molar-refractivity contribution in [3.63, 3.8) is 0 Å². The summed E-state index contributed by atoms with van der Waals surface area (Å²) in [6, 6.07) is 28.5. The fourth-order valence-electron chi connectivity index (χ4n) is 4.94. The lowest BCUT2D eigenvalue weighted by Gasteiger charge is -2.28. The number of rotatable bonds is 7. The Bertz CT molecular complexity index is 1680. The van der Waals surface area contributed by atoms with E-state index in [-0.39, 0.29) is 0 Å². The number of fused-ring (bicyclic) bond motifs is 1. The van der Waals surface area contributed by atoms with Crippen LogP contribution in [0.15, 0.2) is 91.0 Å². The summed E-state index contributed by atoms with van der Waals surface area (Å²) >= 11 is 0. The minimum atomic E-state index is -0.622. The van der Waals surface area contributed by atoms with Crippen LogP contribution >= 0.6 is 0 Å². The van der Waals surface area contributed by atoms with Gasteiger partial charge in [-0.3, -0.25) is 4.79 Å². The first kappa shape index (κ1) is 26.2. The number of amides is 1. The van der Waals surface area contributed by atoms with Gasteiger partial charge in [0.2, 0.25) is 0 Å². The molecule has 0 unspecified atom stereocenters. The smallest absolute Gasteiger partial charge is 0.339 e. The van der Waals surface area contributed by atoms with Crippen molar-refractivity contribution in [3.05, 3.63) is 102 Å². The highest BCUT2D eigenvalue weighted by Crippen LogP contribution is 2.29. The van der Waals surface area contributed by atoms with Crippen LogP contribution in [-0.2, 0) is 14.3 Å². The molecule has 1 saturated heterocycles. The Labute approximate surface area is 237 Å². The van der Waals surface area contributed by atoms with Crippen LogP contribution < -0.4 is 10.2 Å². The molecule has 41 heavy (non-hydrogen) atoms. The number of esters is 1. The van der Waals surface area contributed by atoms with Gasteiger partial charge in [-0.05, 0) is 49.4 Å². The number of nitrogens with one attached hydrogen (secondary N) is 1. The molecule has 3 aromatic carbocycles. The lowest BCUT2D eigenvalue weighted by molar-refractivity contribution is -0.119. The lowest BCUT2D eigenvalue weighted by atomic mass is 10.1. The van der Waals surface area contributed by atoms with Gasteiger partial charge in [0.1, 0.15) is 0 Å². The predicted octanol–water partition coefficient (Wildman–Crippen LogP) is 5.03. The molecule has 1 fully saturated rings. The van der Waals surface area contributed by atoms with E-state index in [4.69, 9.17) is 14.5 Å². The molecule has 2 aromatic heterocycles. The first-order valence-corrected chi connectivity index (χ1v) is 13.5. The number of pyridine rings is 1. The Morgan fingerprint density at radius 3 is 2.29 bits per heavy atom. The SMILES string of the molecule is Cc1nn(-c2ccccc2)c2nc(-c3ccccc3)cc(C(=O)OCC(=O)Nc3ccc(N4CCOCC4)cc3)c12. The Kier molecular flexibility index (Phi) is 7.42. The average Bonchev–Trinajstić information content (AvgIpc) is 3.37. The van der Waals surface area contributed by atoms with Gasteiger partial charge in [-0.2, -0.15) is 5.10 Å². The monoisotopic (exact) mass is 547 g/mol. The molecule has 0 aliphatic carbocycles. The highest BCUT2D eigenvalue weighted by Gasteiger charge is 2.22. The van der Waals surface area contributed by atoms with E-state index >= 15 is 0 Å². The third-order valence-electron chi connectivity index (χ3n) is 6.96. The molecule has 0 radical (unpaired) electrons. The van der Waals surface area contributed by atoms with Gasteiger partial charge in [0.05, 0.1) is 41.2 Å². The lowest BCUT2D eigenvalue weighted by Crippen LogP contribution is -2.36. The third-order valence-corrected chi connectivity index (χ3v) is 6.96. The second-order valence-electron chi connectivity index (χ2n) is 9.72. The number of carbonyl (C=O) groups is 2. The fourth-order valence-corrected chi connectivity index (χ4v) is 4.94. The van der Waals surface area contributed by atoms with Crippen LogP contribution in [-0.4, -0.2) is 59.6 Å². The highest BCUT2D eigenvalue weighted by molar-refractivity contribution is 6.06. The molecular weight excluding hydrogens is 518 g/mol. The summed E-state index contributed by atoms with van der Waals surface area (Å²) in [5.41, 5.74) is 5.44. The molecule has 1 amide bonds. The van der Waals surface area contributed by atoms with Crippen molar-refractivity contribution >= 4 is 34.3 Å². The van der Waals surface area contributed by atoms with E-state index in [1.54, 1.807) is 10.7 Å². The zero-order chi connectivity index (χ0) is 28.2. The van der Waals surface area contributed by atoms with E-state index in [1.165, 1.54) is 0 Å². The molecule has 9 nitrogen and oxygen atoms in total. The van der Waals surface area contributed by atoms with Gasteiger partial charge >= 0.3 is 5.97 Å². The number of morpholine rings is 1. The van der Waals surface area contributed by atoms with Crippen molar-refractivity contribution in [2.24, 2.45) is 0 Å². The fraction of sp³-hybridized carbons (Fsp3) is 0.188. The Morgan fingerprint density at radius 2 is 1.59 bits per heavy atom. The molecule has 6 rings (SSSR count). The molecule has 0 spiro atoms. The second-order valence-corrected chi connectivity index (χ2v) is 9.72. The van der Waals surface area contributed by atoms with Gasteiger partial charge < -0.3 is 19.7 Å². The number of hydrogen-bond acceptors (Lipinski definition) is 7. The third kappa shape index (κ3) is 5.66. The second kappa shape index (κ2) is 11.6. The Morgan fingerprint density at radius 1 is 0.902 bits per heavy atom. The topological polar surface area (TPSA) is 98.6 Å². The van der Waals surface area contributed by atoms with Crippen molar-refractivity contribution in [1.82, 2.24) is 14.8 Å². The summed E-state index contributed by atoms with van der Waals surface area (Å²) in [6.45, 7) is 4.47. The van der Waals surface area contributed by atoms with Gasteiger partial charge in [0.25, 0.3) is 5.91 Å². The van der Waals surface area contributed by atoms with E-state index in [1.807, 2.05) is 91.9 Å². The van der Waals surface area contributed by atoms with E-state index in [2.05, 4.69) is 15.3 Å². The molecule has 9 heteroatoms. The highest BCUT2D eigenvalue weighted by atomic mass is 16.5. The number of aromatic nitrogens is 3. The summed E-state index contributed by atoms with van der Waals surface area (Å²) in [5.74, 6) is -1.05. The van der Waals surface area contributed by atoms with Gasteiger partial charge in [0, 0.05) is 30.0 Å². The largest absolute Gasteiger partial charge is 0.452 e. The van der Waals surface area contributed by atoms with E-state index in [0.29, 0.717) is 46.9 Å². The zero-order valence-corrected chi connectivity index (χ0v) is 22.6. The van der Waals surface area contributed by atoms with Crippen LogP contribution in [0, 0.1) is 6.92 Å². The van der Waals surface area contributed by atoms with Gasteiger partial charge in [-0.15, -0.1) is 0 Å². The number of nitrogens with zero attached hydrogens (tertiary/aromatic N) is 4. The number of benzene rings is 3. The first-order valence-electron chi connectivity index (χ1n) is 13.5. The number of anilines is 2. The molecule has 1 aliphatic rings. The minimum absolute atomic E-state index is 0.302. The van der Waals surface area contributed by atoms with Crippen LogP contribution in [0.3, 0.4) is 0 Å². The summed E-state index contributed by atoms with van der Waals surface area (Å²) in [6.07, 6.45) is 0. The molecule has 0 atom stereocenters. The number of carbonyl (C=O) groups excluding carboxylic acids is 2. The van der Waals surface area contributed by atoms with Gasteiger partial charge in [-0.1, -0.05) is 48.5 Å². The molecule has 206 valence electrons. The molecule has 1 aliphatic heterocycles. The van der Waals surface area contributed by atoms with Crippen molar-refractivity contribution in [1.29, 1.82) is 0 Å². The van der Waals surface area contributed by atoms with Crippen LogP contribution in [0.1, 0.15) is 16.1 Å². The molecule has 0 bridgehead atoms. The number of ether oxygens (including phenoxy) is 2. The summed E-state index contributed by atoms with van der Waals surface area (Å²) < 4.78 is 12.6. The average molecular weight is 548 g/mol. The van der Waals surface area contributed by atoms with Gasteiger partial charge in [-0.25, -0.2) is 14.5 Å². The molecule has 5 aromatic rings. The van der Waals surface area contributed by atoms with Crippen molar-refractivity contribution in [3.8, 4) is 16.9 Å². The Balaban J connectivity index is 1.23. The summed E-state index contributed by atoms with van der Waals surface area (Å²) in [4.78, 5) is 33.2.